The second-order valence-corrected chi connectivity index (χ2v) is 2.51. The Morgan fingerprint density at radius 3 is 2.64 bits per heavy atom. The monoisotopic (exact) mass is 152 g/mol. The predicted molar refractivity (Wildman–Crippen MR) is 42.3 cm³/mol. The third kappa shape index (κ3) is 1.98. The normalized spacial score (nSPS) is 10.1. The lowest BCUT2D eigenvalue weighted by molar-refractivity contribution is 0.298. The summed E-state index contributed by atoms with van der Waals surface area (Å²) in [7, 11) is 0. The van der Waals surface area contributed by atoms with Gasteiger partial charge in [0, 0.05) is 19.2 Å². The van der Waals surface area contributed by atoms with Crippen molar-refractivity contribution in [1.29, 1.82) is 0 Å². The quantitative estimate of drug-likeness (QED) is 0.676. The molecule has 0 saturated heterocycles. The molecule has 0 aromatic carbocycles. The molecular formula is C8H12N2O. The molecule has 0 atom stereocenters. The van der Waals surface area contributed by atoms with Gasteiger partial charge in [-0.1, -0.05) is 0 Å². The maximum Gasteiger partial charge on any atom is 0.0612 e. The minimum atomic E-state index is 0.136. The number of hydrogen-bond acceptors (Lipinski definition) is 3. The van der Waals surface area contributed by atoms with E-state index < -0.39 is 0 Å². The molecule has 1 aromatic heterocycles. The third-order valence-electron chi connectivity index (χ3n) is 1.61. The molecule has 1 heterocycles. The average Bonchev–Trinajstić information content (AvgIpc) is 1.98. The summed E-state index contributed by atoms with van der Waals surface area (Å²) in [5, 5.41) is 8.61. The zero-order valence-corrected chi connectivity index (χ0v) is 6.83. The molecule has 0 spiro atoms. The van der Waals surface area contributed by atoms with Crippen LogP contribution in [0.3, 0.4) is 0 Å². The number of nitrogens with zero attached hydrogens (tertiary/aromatic N) is 2. The molecule has 0 saturated carbocycles. The Kier molecular flexibility index (Phi) is 2.54. The Balaban J connectivity index is 2.86. The first kappa shape index (κ1) is 8.14. The highest BCUT2D eigenvalue weighted by Gasteiger charge is 1.97. The molecule has 0 aliphatic heterocycles. The summed E-state index contributed by atoms with van der Waals surface area (Å²) in [5.41, 5.74) is 2.75. The molecule has 0 fully saturated rings. The van der Waals surface area contributed by atoms with Crippen molar-refractivity contribution in [1.82, 2.24) is 9.97 Å². The van der Waals surface area contributed by atoms with Crippen LogP contribution in [0.5, 0.6) is 0 Å². The Morgan fingerprint density at radius 2 is 2.09 bits per heavy atom. The summed E-state index contributed by atoms with van der Waals surface area (Å²) in [6.07, 6.45) is 2.30. The van der Waals surface area contributed by atoms with E-state index in [2.05, 4.69) is 9.97 Å². The van der Waals surface area contributed by atoms with Gasteiger partial charge < -0.3 is 5.11 Å². The van der Waals surface area contributed by atoms with Crippen LogP contribution in [0.2, 0.25) is 0 Å². The Bertz CT molecular complexity index is 248. The van der Waals surface area contributed by atoms with Crippen LogP contribution in [0.1, 0.15) is 17.1 Å². The van der Waals surface area contributed by atoms with Gasteiger partial charge in [0.25, 0.3) is 0 Å². The number of aliphatic hydroxyl groups excluding tert-OH is 1. The van der Waals surface area contributed by atoms with Crippen LogP contribution in [0, 0.1) is 13.8 Å². The largest absolute Gasteiger partial charge is 0.396 e. The van der Waals surface area contributed by atoms with Gasteiger partial charge in [0.05, 0.1) is 17.1 Å². The van der Waals surface area contributed by atoms with Gasteiger partial charge in [-0.25, -0.2) is 0 Å². The Hall–Kier alpha value is -0.960. The molecule has 0 amide bonds. The van der Waals surface area contributed by atoms with Crippen molar-refractivity contribution in [2.75, 3.05) is 6.61 Å². The van der Waals surface area contributed by atoms with Crippen molar-refractivity contribution in [2.45, 2.75) is 20.3 Å². The lowest BCUT2D eigenvalue weighted by atomic mass is 10.3. The van der Waals surface area contributed by atoms with Crippen LogP contribution >= 0.6 is 0 Å². The lowest BCUT2D eigenvalue weighted by Gasteiger charge is -2.00. The van der Waals surface area contributed by atoms with E-state index in [1.807, 2.05) is 13.8 Å². The molecular weight excluding hydrogens is 140 g/mol. The van der Waals surface area contributed by atoms with Gasteiger partial charge in [0.2, 0.25) is 0 Å². The highest BCUT2D eigenvalue weighted by atomic mass is 16.3. The Labute approximate surface area is 66.1 Å². The third-order valence-corrected chi connectivity index (χ3v) is 1.61. The van der Waals surface area contributed by atoms with E-state index in [4.69, 9.17) is 5.11 Å². The minimum absolute atomic E-state index is 0.136. The van der Waals surface area contributed by atoms with E-state index >= 15 is 0 Å². The summed E-state index contributed by atoms with van der Waals surface area (Å²) in [6.45, 7) is 3.98. The van der Waals surface area contributed by atoms with Gasteiger partial charge in [-0.2, -0.15) is 0 Å². The maximum atomic E-state index is 8.61. The fraction of sp³-hybridized carbons (Fsp3) is 0.500. The molecule has 0 bridgehead atoms. The van der Waals surface area contributed by atoms with Crippen molar-refractivity contribution in [2.24, 2.45) is 0 Å². The summed E-state index contributed by atoms with van der Waals surface area (Å²) < 4.78 is 0. The predicted octanol–water partition coefficient (Wildman–Crippen LogP) is 0.628. The first-order valence-corrected chi connectivity index (χ1v) is 3.64. The summed E-state index contributed by atoms with van der Waals surface area (Å²) in [4.78, 5) is 8.36. The van der Waals surface area contributed by atoms with Crippen molar-refractivity contribution >= 4 is 0 Å². The molecule has 1 N–H and O–H groups in total. The number of aromatic nitrogens is 2. The molecule has 0 aliphatic rings. The van der Waals surface area contributed by atoms with E-state index in [0.29, 0.717) is 6.42 Å². The van der Waals surface area contributed by atoms with E-state index in [0.717, 1.165) is 17.1 Å². The van der Waals surface area contributed by atoms with Crippen LogP contribution in [0.15, 0.2) is 6.20 Å². The van der Waals surface area contributed by atoms with Gasteiger partial charge in [-0.15, -0.1) is 0 Å². The van der Waals surface area contributed by atoms with Gasteiger partial charge in [-0.3, -0.25) is 9.97 Å². The topological polar surface area (TPSA) is 46.0 Å². The van der Waals surface area contributed by atoms with Crippen molar-refractivity contribution in [3.63, 3.8) is 0 Å². The van der Waals surface area contributed by atoms with Crippen LogP contribution in [0.4, 0.5) is 0 Å². The van der Waals surface area contributed by atoms with Crippen LogP contribution in [-0.2, 0) is 6.42 Å². The fourth-order valence-electron chi connectivity index (χ4n) is 0.825. The molecule has 11 heavy (non-hydrogen) atoms. The van der Waals surface area contributed by atoms with Crippen LogP contribution in [-0.4, -0.2) is 21.7 Å². The van der Waals surface area contributed by atoms with E-state index in [9.17, 15) is 0 Å². The molecule has 1 rings (SSSR count). The van der Waals surface area contributed by atoms with Crippen molar-refractivity contribution in [3.8, 4) is 0 Å². The molecule has 0 unspecified atom stereocenters. The SMILES string of the molecule is Cc1ncc(CCO)nc1C. The average molecular weight is 152 g/mol. The molecule has 0 radical (unpaired) electrons. The second-order valence-electron chi connectivity index (χ2n) is 2.51. The zero-order chi connectivity index (χ0) is 8.27. The number of aryl methyl sites for hydroxylation is 2. The highest BCUT2D eigenvalue weighted by Crippen LogP contribution is 2.00. The molecule has 60 valence electrons. The van der Waals surface area contributed by atoms with Gasteiger partial charge >= 0.3 is 0 Å². The van der Waals surface area contributed by atoms with Gasteiger partial charge in [-0.05, 0) is 13.8 Å². The minimum Gasteiger partial charge on any atom is -0.396 e. The van der Waals surface area contributed by atoms with E-state index in [-0.39, 0.29) is 6.61 Å². The first-order valence-electron chi connectivity index (χ1n) is 3.64. The molecule has 3 heteroatoms. The number of rotatable bonds is 2. The van der Waals surface area contributed by atoms with Gasteiger partial charge in [0.15, 0.2) is 0 Å². The smallest absolute Gasteiger partial charge is 0.0612 e. The lowest BCUT2D eigenvalue weighted by Crippen LogP contribution is -1.99. The van der Waals surface area contributed by atoms with E-state index in [1.54, 1.807) is 6.20 Å². The van der Waals surface area contributed by atoms with Crippen molar-refractivity contribution in [3.05, 3.63) is 23.3 Å². The standard InChI is InChI=1S/C8H12N2O/c1-6-7(2)10-8(3-4-11)5-9-6/h5,11H,3-4H2,1-2H3. The fourth-order valence-corrected chi connectivity index (χ4v) is 0.825. The highest BCUT2D eigenvalue weighted by molar-refractivity contribution is 5.10. The molecule has 0 aliphatic carbocycles. The van der Waals surface area contributed by atoms with Crippen molar-refractivity contribution < 1.29 is 5.11 Å². The number of hydrogen-bond donors (Lipinski definition) is 1. The summed E-state index contributed by atoms with van der Waals surface area (Å²) in [6, 6.07) is 0. The maximum absolute atomic E-state index is 8.61. The van der Waals surface area contributed by atoms with Gasteiger partial charge in [0.1, 0.15) is 0 Å². The Morgan fingerprint density at radius 1 is 1.36 bits per heavy atom. The zero-order valence-electron chi connectivity index (χ0n) is 6.83. The van der Waals surface area contributed by atoms with E-state index in [1.165, 1.54) is 0 Å². The summed E-state index contributed by atoms with van der Waals surface area (Å²) >= 11 is 0. The number of aliphatic hydroxyl groups is 1. The van der Waals surface area contributed by atoms with Crippen LogP contribution < -0.4 is 0 Å². The second kappa shape index (κ2) is 3.44. The molecule has 3 nitrogen and oxygen atoms in total. The summed E-state index contributed by atoms with van der Waals surface area (Å²) in [5.74, 6) is 0. The molecule has 1 aromatic rings. The van der Waals surface area contributed by atoms with Crippen LogP contribution in [0.25, 0.3) is 0 Å². The first-order chi connectivity index (χ1) is 5.24.